The molecule has 1 aromatic heterocycles. The predicted molar refractivity (Wildman–Crippen MR) is 182 cm³/mol. The van der Waals surface area contributed by atoms with Crippen LogP contribution in [-0.4, -0.2) is 20.7 Å². The van der Waals surface area contributed by atoms with Crippen LogP contribution in [0.5, 0.6) is 0 Å². The van der Waals surface area contributed by atoms with Crippen LogP contribution >= 0.6 is 7.92 Å². The summed E-state index contributed by atoms with van der Waals surface area (Å²) in [7, 11) is -0.438. The standard InChI is InChI=1S/C39H42N3P/c1-25(2)31-17-11-18-32-26(3)33-19-12-20-34-38(33)42(37(31)32)35(41-34)24-40-27(4)36-28-21-22-39(36,23-28)43(29-13-7-5-8-14-29)30-15-9-6-10-16-30/h5-20,25-28,36,40H,21-24H2,1-4H3/t26?,27-,28+,36?,39-/m0/s1. The molecule has 4 heteroatoms. The second-order valence-electron chi connectivity index (χ2n) is 13.5. The molecule has 43 heavy (non-hydrogen) atoms. The Hall–Kier alpha value is -3.26. The van der Waals surface area contributed by atoms with Gasteiger partial charge in [0.2, 0.25) is 0 Å². The molecule has 1 N–H and O–H groups in total. The average Bonchev–Trinajstić information content (AvgIpc) is 3.73. The van der Waals surface area contributed by atoms with Gasteiger partial charge in [-0.3, -0.25) is 4.57 Å². The predicted octanol–water partition coefficient (Wildman–Crippen LogP) is 8.39. The summed E-state index contributed by atoms with van der Waals surface area (Å²) in [6.45, 7) is 10.2. The number of nitrogens with zero attached hydrogens (tertiary/aromatic N) is 2. The molecule has 5 aromatic rings. The third-order valence-electron chi connectivity index (χ3n) is 10.9. The lowest BCUT2D eigenvalue weighted by molar-refractivity contribution is 0.137. The minimum atomic E-state index is -0.438. The van der Waals surface area contributed by atoms with Gasteiger partial charge < -0.3 is 5.32 Å². The Morgan fingerprint density at radius 1 is 0.860 bits per heavy atom. The summed E-state index contributed by atoms with van der Waals surface area (Å²) in [5.41, 5.74) is 8.02. The smallest absolute Gasteiger partial charge is 0.128 e. The molecule has 5 atom stereocenters. The maximum absolute atomic E-state index is 5.30. The first-order valence-corrected chi connectivity index (χ1v) is 17.6. The normalized spacial score (nSPS) is 24.4. The van der Waals surface area contributed by atoms with Crippen LogP contribution in [0.1, 0.15) is 81.3 Å². The van der Waals surface area contributed by atoms with E-state index in [0.717, 1.165) is 23.8 Å². The van der Waals surface area contributed by atoms with Crippen molar-refractivity contribution in [1.82, 2.24) is 14.9 Å². The summed E-state index contributed by atoms with van der Waals surface area (Å²) in [4.78, 5) is 5.30. The number of nitrogens with one attached hydrogen (secondary N) is 1. The molecule has 3 nitrogen and oxygen atoms in total. The summed E-state index contributed by atoms with van der Waals surface area (Å²) < 4.78 is 2.51. The zero-order chi connectivity index (χ0) is 29.3. The molecule has 2 bridgehead atoms. The highest BCUT2D eigenvalue weighted by molar-refractivity contribution is 7.74. The van der Waals surface area contributed by atoms with E-state index < -0.39 is 7.92 Å². The van der Waals surface area contributed by atoms with E-state index in [1.54, 1.807) is 0 Å². The number of fused-ring (bicyclic) bond motifs is 3. The Labute approximate surface area is 257 Å². The first-order valence-electron chi connectivity index (χ1n) is 16.2. The first-order chi connectivity index (χ1) is 21.0. The van der Waals surface area contributed by atoms with E-state index in [2.05, 4.69) is 135 Å². The van der Waals surface area contributed by atoms with Crippen molar-refractivity contribution in [2.75, 3.05) is 0 Å². The van der Waals surface area contributed by atoms with E-state index in [9.17, 15) is 0 Å². The van der Waals surface area contributed by atoms with Crippen molar-refractivity contribution in [3.05, 3.63) is 120 Å². The molecule has 3 aliphatic carbocycles. The summed E-state index contributed by atoms with van der Waals surface area (Å²) in [6, 6.07) is 36.8. The molecule has 2 heterocycles. The number of imidazole rings is 1. The van der Waals surface area contributed by atoms with Gasteiger partial charge in [0.25, 0.3) is 0 Å². The first kappa shape index (κ1) is 27.3. The highest BCUT2D eigenvalue weighted by atomic mass is 31.1. The van der Waals surface area contributed by atoms with Gasteiger partial charge in [0.1, 0.15) is 5.82 Å². The number of hydrogen-bond acceptors (Lipinski definition) is 2. The lowest BCUT2D eigenvalue weighted by Crippen LogP contribution is -2.56. The Bertz CT molecular complexity index is 1750. The van der Waals surface area contributed by atoms with E-state index in [0.29, 0.717) is 29.0 Å². The molecule has 0 radical (unpaired) electrons. The van der Waals surface area contributed by atoms with Gasteiger partial charge >= 0.3 is 0 Å². The van der Waals surface area contributed by atoms with Crippen molar-refractivity contribution in [2.45, 2.75) is 76.5 Å². The topological polar surface area (TPSA) is 29.9 Å². The van der Waals surface area contributed by atoms with E-state index in [-0.39, 0.29) is 0 Å². The van der Waals surface area contributed by atoms with Gasteiger partial charge in [0.15, 0.2) is 0 Å². The summed E-state index contributed by atoms with van der Waals surface area (Å²) in [5, 5.41) is 7.51. The van der Waals surface area contributed by atoms with E-state index >= 15 is 0 Å². The zero-order valence-electron chi connectivity index (χ0n) is 25.8. The summed E-state index contributed by atoms with van der Waals surface area (Å²) in [6.07, 6.45) is 4.07. The van der Waals surface area contributed by atoms with Crippen molar-refractivity contribution in [3.8, 4) is 5.69 Å². The highest BCUT2D eigenvalue weighted by Crippen LogP contribution is 2.72. The second kappa shape index (κ2) is 10.4. The molecule has 0 spiro atoms. The SMILES string of the molecule is CC(C)c1cccc2c1-n1c(CN[C@@H](C)C3[C@@H]4CC[C@]3(P(c3ccccc3)c3ccccc3)C4)nc3cccc(c31)C2C. The molecule has 0 saturated heterocycles. The molecular weight excluding hydrogens is 541 g/mol. The third-order valence-corrected chi connectivity index (χ3v) is 14.2. The van der Waals surface area contributed by atoms with Crippen LogP contribution in [0.2, 0.25) is 0 Å². The fourth-order valence-corrected chi connectivity index (χ4v) is 12.9. The molecule has 3 fully saturated rings. The van der Waals surface area contributed by atoms with Crippen molar-refractivity contribution in [2.24, 2.45) is 11.8 Å². The zero-order valence-corrected chi connectivity index (χ0v) is 26.7. The lowest BCUT2D eigenvalue weighted by atomic mass is 9.68. The molecule has 9 rings (SSSR count). The number of rotatable bonds is 8. The lowest BCUT2D eigenvalue weighted by Gasteiger charge is -2.55. The van der Waals surface area contributed by atoms with Gasteiger partial charge in [-0.05, 0) is 85.2 Å². The number of para-hydroxylation sites is 2. The number of aromatic nitrogens is 2. The van der Waals surface area contributed by atoms with Crippen LogP contribution in [0.3, 0.4) is 0 Å². The Morgan fingerprint density at radius 2 is 1.53 bits per heavy atom. The Morgan fingerprint density at radius 3 is 2.21 bits per heavy atom. The molecule has 218 valence electrons. The monoisotopic (exact) mass is 583 g/mol. The number of benzene rings is 4. The van der Waals surface area contributed by atoms with Crippen molar-refractivity contribution in [1.29, 1.82) is 0 Å². The van der Waals surface area contributed by atoms with Crippen molar-refractivity contribution >= 4 is 29.6 Å². The van der Waals surface area contributed by atoms with E-state index in [1.807, 2.05) is 0 Å². The van der Waals surface area contributed by atoms with Crippen molar-refractivity contribution < 1.29 is 0 Å². The van der Waals surface area contributed by atoms with E-state index in [1.165, 1.54) is 57.8 Å². The van der Waals surface area contributed by atoms with Crippen LogP contribution in [0.15, 0.2) is 97.1 Å². The average molecular weight is 584 g/mol. The molecule has 0 amide bonds. The van der Waals surface area contributed by atoms with E-state index in [4.69, 9.17) is 4.98 Å². The van der Waals surface area contributed by atoms with Crippen LogP contribution < -0.4 is 15.9 Å². The number of hydrogen-bond donors (Lipinski definition) is 1. The molecule has 4 aliphatic rings. The fraction of sp³-hybridized carbons (Fsp3) is 0.359. The molecule has 1 aliphatic heterocycles. The van der Waals surface area contributed by atoms with Gasteiger partial charge in [0, 0.05) is 17.1 Å². The highest BCUT2D eigenvalue weighted by Gasteiger charge is 2.64. The largest absolute Gasteiger partial charge is 0.307 e. The Kier molecular flexibility index (Phi) is 6.62. The molecule has 4 aromatic carbocycles. The van der Waals surface area contributed by atoms with Gasteiger partial charge in [-0.2, -0.15) is 0 Å². The van der Waals surface area contributed by atoms with Crippen LogP contribution in [0.25, 0.3) is 16.7 Å². The summed E-state index contributed by atoms with van der Waals surface area (Å²) in [5.74, 6) is 3.45. The van der Waals surface area contributed by atoms with Crippen molar-refractivity contribution in [3.63, 3.8) is 0 Å². The van der Waals surface area contributed by atoms with Crippen LogP contribution in [0.4, 0.5) is 0 Å². The molecule has 3 saturated carbocycles. The maximum Gasteiger partial charge on any atom is 0.128 e. The molecular formula is C39H42N3P. The third kappa shape index (κ3) is 4.11. The quantitative estimate of drug-likeness (QED) is 0.186. The van der Waals surface area contributed by atoms with Gasteiger partial charge in [-0.25, -0.2) is 4.98 Å². The van der Waals surface area contributed by atoms with Gasteiger partial charge in [-0.1, -0.05) is 112 Å². The Balaban J connectivity index is 1.15. The molecule has 2 unspecified atom stereocenters. The summed E-state index contributed by atoms with van der Waals surface area (Å²) >= 11 is 0. The minimum Gasteiger partial charge on any atom is -0.307 e. The minimum absolute atomic E-state index is 0.362. The second-order valence-corrected chi connectivity index (χ2v) is 16.1. The van der Waals surface area contributed by atoms with Gasteiger partial charge in [0.05, 0.1) is 23.3 Å². The maximum atomic E-state index is 5.30. The van der Waals surface area contributed by atoms with Crippen LogP contribution in [-0.2, 0) is 6.54 Å². The van der Waals surface area contributed by atoms with Gasteiger partial charge in [-0.15, -0.1) is 0 Å². The fourth-order valence-electron chi connectivity index (χ4n) is 9.13. The van der Waals surface area contributed by atoms with Crippen LogP contribution in [0, 0.1) is 11.8 Å².